The van der Waals surface area contributed by atoms with Crippen LogP contribution in [0.1, 0.15) is 22.0 Å². The number of carbonyl (C=O) groups is 2. The zero-order valence-corrected chi connectivity index (χ0v) is 15.4. The van der Waals surface area contributed by atoms with E-state index >= 15 is 0 Å². The third kappa shape index (κ3) is 4.96. The summed E-state index contributed by atoms with van der Waals surface area (Å²) in [7, 11) is 1.56. The molecule has 3 aromatic rings. The molecule has 0 fully saturated rings. The minimum absolute atomic E-state index is 0.285. The van der Waals surface area contributed by atoms with Crippen LogP contribution in [0.4, 0.5) is 5.69 Å². The van der Waals surface area contributed by atoms with Crippen LogP contribution in [-0.2, 0) is 4.79 Å². The highest BCUT2D eigenvalue weighted by atomic mass is 16.5. The highest BCUT2D eigenvalue weighted by Crippen LogP contribution is 2.16. The van der Waals surface area contributed by atoms with Crippen molar-refractivity contribution in [1.29, 1.82) is 0 Å². The zero-order valence-electron chi connectivity index (χ0n) is 15.4. The van der Waals surface area contributed by atoms with Crippen molar-refractivity contribution in [3.63, 3.8) is 0 Å². The first-order valence-corrected chi connectivity index (χ1v) is 8.78. The molecule has 2 amide bonds. The maximum absolute atomic E-state index is 12.8. The Bertz CT molecular complexity index is 913. The zero-order chi connectivity index (χ0) is 19.8. The number of methoxy groups -OCH3 is 1. The molecule has 0 aliphatic carbocycles. The first-order chi connectivity index (χ1) is 13.7. The van der Waals surface area contributed by atoms with Crippen LogP contribution in [0, 0.1) is 0 Å². The van der Waals surface area contributed by atoms with Crippen molar-refractivity contribution in [1.82, 2.24) is 10.9 Å². The van der Waals surface area contributed by atoms with Gasteiger partial charge in [-0.3, -0.25) is 15.0 Å². The monoisotopic (exact) mass is 375 g/mol. The van der Waals surface area contributed by atoms with Gasteiger partial charge >= 0.3 is 0 Å². The SMILES string of the molecule is COc1ccc(C(=O)NNC(C(=O)Nc2ccccc2)c2ccccc2)cc1. The molecule has 0 saturated heterocycles. The Hall–Kier alpha value is -3.64. The summed E-state index contributed by atoms with van der Waals surface area (Å²) in [5.41, 5.74) is 7.30. The Balaban J connectivity index is 1.72. The summed E-state index contributed by atoms with van der Waals surface area (Å²) in [4.78, 5) is 25.2. The minimum atomic E-state index is -0.761. The van der Waals surface area contributed by atoms with Gasteiger partial charge in [0.05, 0.1) is 7.11 Å². The van der Waals surface area contributed by atoms with Gasteiger partial charge in [-0.15, -0.1) is 0 Å². The Morgan fingerprint density at radius 1 is 0.821 bits per heavy atom. The fraction of sp³-hybridized carbons (Fsp3) is 0.0909. The lowest BCUT2D eigenvalue weighted by Crippen LogP contribution is -2.44. The predicted molar refractivity (Wildman–Crippen MR) is 108 cm³/mol. The summed E-state index contributed by atoms with van der Waals surface area (Å²) < 4.78 is 5.09. The molecule has 0 aromatic heterocycles. The van der Waals surface area contributed by atoms with Crippen LogP contribution in [-0.4, -0.2) is 18.9 Å². The van der Waals surface area contributed by atoms with E-state index in [1.54, 1.807) is 43.5 Å². The topological polar surface area (TPSA) is 79.5 Å². The first-order valence-electron chi connectivity index (χ1n) is 8.78. The van der Waals surface area contributed by atoms with Gasteiger partial charge in [-0.25, -0.2) is 5.43 Å². The smallest absolute Gasteiger partial charge is 0.265 e. The van der Waals surface area contributed by atoms with Crippen LogP contribution in [0.5, 0.6) is 5.75 Å². The van der Waals surface area contributed by atoms with Gasteiger partial charge in [0.1, 0.15) is 11.8 Å². The number of carbonyl (C=O) groups excluding carboxylic acids is 2. The molecule has 0 bridgehead atoms. The molecule has 0 saturated carbocycles. The molecular weight excluding hydrogens is 354 g/mol. The van der Waals surface area contributed by atoms with Crippen molar-refractivity contribution in [3.8, 4) is 5.75 Å². The Morgan fingerprint density at radius 2 is 1.43 bits per heavy atom. The molecule has 0 heterocycles. The van der Waals surface area contributed by atoms with Gasteiger partial charge < -0.3 is 10.1 Å². The Morgan fingerprint density at radius 3 is 2.04 bits per heavy atom. The van der Waals surface area contributed by atoms with Crippen molar-refractivity contribution in [3.05, 3.63) is 96.1 Å². The fourth-order valence-electron chi connectivity index (χ4n) is 2.63. The summed E-state index contributed by atoms with van der Waals surface area (Å²) in [5.74, 6) is 0.0254. The molecule has 0 spiro atoms. The first kappa shape index (κ1) is 19.1. The van der Waals surface area contributed by atoms with Gasteiger partial charge in [-0.1, -0.05) is 48.5 Å². The molecule has 1 atom stereocenters. The van der Waals surface area contributed by atoms with Crippen molar-refractivity contribution in [2.45, 2.75) is 6.04 Å². The lowest BCUT2D eigenvalue weighted by atomic mass is 10.1. The molecule has 142 valence electrons. The molecule has 3 aromatic carbocycles. The van der Waals surface area contributed by atoms with Crippen molar-refractivity contribution in [2.24, 2.45) is 0 Å². The Labute approximate surface area is 163 Å². The normalized spacial score (nSPS) is 11.3. The third-order valence-electron chi connectivity index (χ3n) is 4.12. The number of ether oxygens (including phenoxy) is 1. The standard InChI is InChI=1S/C22H21N3O3/c1-28-19-14-12-17(13-15-19)21(26)25-24-20(16-8-4-2-5-9-16)22(27)23-18-10-6-3-7-11-18/h2-15,20,24H,1H3,(H,23,27)(H,25,26). The Kier molecular flexibility index (Phi) is 6.38. The van der Waals surface area contributed by atoms with Crippen LogP contribution >= 0.6 is 0 Å². The van der Waals surface area contributed by atoms with Crippen LogP contribution in [0.15, 0.2) is 84.9 Å². The fourth-order valence-corrected chi connectivity index (χ4v) is 2.63. The highest BCUT2D eigenvalue weighted by molar-refractivity contribution is 5.97. The highest BCUT2D eigenvalue weighted by Gasteiger charge is 2.21. The van der Waals surface area contributed by atoms with Gasteiger partial charge in [-0.2, -0.15) is 0 Å². The van der Waals surface area contributed by atoms with E-state index in [1.165, 1.54) is 0 Å². The van der Waals surface area contributed by atoms with Gasteiger partial charge in [0.15, 0.2) is 0 Å². The molecular formula is C22H21N3O3. The number of benzene rings is 3. The van der Waals surface area contributed by atoms with Crippen LogP contribution < -0.4 is 20.9 Å². The van der Waals surface area contributed by atoms with Crippen molar-refractivity contribution in [2.75, 3.05) is 12.4 Å². The lowest BCUT2D eigenvalue weighted by molar-refractivity contribution is -0.118. The molecule has 6 heteroatoms. The second kappa shape index (κ2) is 9.34. The van der Waals surface area contributed by atoms with E-state index in [2.05, 4.69) is 16.2 Å². The van der Waals surface area contributed by atoms with E-state index in [0.717, 1.165) is 5.56 Å². The predicted octanol–water partition coefficient (Wildman–Crippen LogP) is 3.31. The maximum atomic E-state index is 12.8. The van der Waals surface area contributed by atoms with E-state index in [9.17, 15) is 9.59 Å². The van der Waals surface area contributed by atoms with E-state index < -0.39 is 6.04 Å². The summed E-state index contributed by atoms with van der Waals surface area (Å²) in [6.45, 7) is 0. The number of rotatable bonds is 7. The molecule has 0 aliphatic heterocycles. The van der Waals surface area contributed by atoms with E-state index in [-0.39, 0.29) is 11.8 Å². The molecule has 28 heavy (non-hydrogen) atoms. The van der Waals surface area contributed by atoms with Gasteiger partial charge in [0, 0.05) is 11.3 Å². The van der Waals surface area contributed by atoms with Crippen molar-refractivity contribution >= 4 is 17.5 Å². The molecule has 6 nitrogen and oxygen atoms in total. The average molecular weight is 375 g/mol. The summed E-state index contributed by atoms with van der Waals surface area (Å²) in [5, 5.41) is 2.85. The number of amides is 2. The third-order valence-corrected chi connectivity index (χ3v) is 4.12. The van der Waals surface area contributed by atoms with Crippen LogP contribution in [0.3, 0.4) is 0 Å². The molecule has 1 unspecified atom stereocenters. The largest absolute Gasteiger partial charge is 0.497 e. The maximum Gasteiger partial charge on any atom is 0.265 e. The van der Waals surface area contributed by atoms with E-state index in [1.807, 2.05) is 48.5 Å². The molecule has 0 radical (unpaired) electrons. The lowest BCUT2D eigenvalue weighted by Gasteiger charge is -2.19. The van der Waals surface area contributed by atoms with Gasteiger partial charge in [0.25, 0.3) is 5.91 Å². The number of hydrogen-bond donors (Lipinski definition) is 3. The number of hydrogen-bond acceptors (Lipinski definition) is 4. The second-order valence-corrected chi connectivity index (χ2v) is 6.03. The number of para-hydroxylation sites is 1. The van der Waals surface area contributed by atoms with Gasteiger partial charge in [-0.05, 0) is 42.0 Å². The van der Waals surface area contributed by atoms with E-state index in [4.69, 9.17) is 4.74 Å². The summed E-state index contributed by atoms with van der Waals surface area (Å²) in [6, 6.07) is 24.3. The molecule has 0 aliphatic rings. The minimum Gasteiger partial charge on any atom is -0.497 e. The summed E-state index contributed by atoms with van der Waals surface area (Å²) >= 11 is 0. The summed E-state index contributed by atoms with van der Waals surface area (Å²) in [6.07, 6.45) is 0. The van der Waals surface area contributed by atoms with Crippen LogP contribution in [0.2, 0.25) is 0 Å². The van der Waals surface area contributed by atoms with E-state index in [0.29, 0.717) is 17.0 Å². The molecule has 3 N–H and O–H groups in total. The van der Waals surface area contributed by atoms with Crippen molar-refractivity contribution < 1.29 is 14.3 Å². The second-order valence-electron chi connectivity index (χ2n) is 6.03. The van der Waals surface area contributed by atoms with Gasteiger partial charge in [0.2, 0.25) is 5.91 Å². The molecule has 3 rings (SSSR count). The number of hydrazine groups is 1. The average Bonchev–Trinajstić information content (AvgIpc) is 2.75. The van der Waals surface area contributed by atoms with Crippen LogP contribution in [0.25, 0.3) is 0 Å². The number of anilines is 1. The quantitative estimate of drug-likeness (QED) is 0.554. The number of nitrogens with one attached hydrogen (secondary N) is 3.